The van der Waals surface area contributed by atoms with Crippen LogP contribution in [0.1, 0.15) is 11.1 Å². The number of aromatic hydroxyl groups is 1. The number of halogens is 1. The minimum absolute atomic E-state index is 0.0309. The summed E-state index contributed by atoms with van der Waals surface area (Å²) in [5.41, 5.74) is 9.84. The SMILES string of the molecule is NC(=S)N/N=C(\c1ccc(O)cc1)c1ccc(F)cc1. The van der Waals surface area contributed by atoms with Gasteiger partial charge >= 0.3 is 0 Å². The number of phenols is 1. The molecule has 0 unspecified atom stereocenters. The fraction of sp³-hybridized carbons (Fsp3) is 0. The Morgan fingerprint density at radius 3 is 2.05 bits per heavy atom. The molecule has 0 aliphatic carbocycles. The minimum Gasteiger partial charge on any atom is -0.508 e. The first-order valence-electron chi connectivity index (χ1n) is 5.75. The van der Waals surface area contributed by atoms with Crippen molar-refractivity contribution in [3.8, 4) is 5.75 Å². The highest BCUT2D eigenvalue weighted by molar-refractivity contribution is 7.80. The smallest absolute Gasteiger partial charge is 0.184 e. The molecule has 2 aromatic carbocycles. The first kappa shape index (κ1) is 14.0. The van der Waals surface area contributed by atoms with Crippen LogP contribution in [-0.2, 0) is 0 Å². The molecule has 2 rings (SSSR count). The Morgan fingerprint density at radius 1 is 1.05 bits per heavy atom. The molecule has 0 saturated carbocycles. The van der Waals surface area contributed by atoms with E-state index < -0.39 is 0 Å². The van der Waals surface area contributed by atoms with E-state index in [2.05, 4.69) is 10.5 Å². The molecule has 0 bridgehead atoms. The quantitative estimate of drug-likeness (QED) is 0.460. The summed E-state index contributed by atoms with van der Waals surface area (Å²) in [7, 11) is 0. The highest BCUT2D eigenvalue weighted by atomic mass is 32.1. The maximum atomic E-state index is 13.0. The predicted octanol–water partition coefficient (Wildman–Crippen LogP) is 2.12. The summed E-state index contributed by atoms with van der Waals surface area (Å²) in [6, 6.07) is 12.3. The zero-order valence-electron chi connectivity index (χ0n) is 10.4. The molecule has 0 amide bonds. The third-order valence-electron chi connectivity index (χ3n) is 2.54. The van der Waals surface area contributed by atoms with Crippen molar-refractivity contribution in [2.45, 2.75) is 0 Å². The zero-order valence-corrected chi connectivity index (χ0v) is 11.2. The van der Waals surface area contributed by atoms with E-state index in [1.807, 2.05) is 0 Å². The maximum Gasteiger partial charge on any atom is 0.184 e. The van der Waals surface area contributed by atoms with Crippen LogP contribution in [0.3, 0.4) is 0 Å². The molecule has 0 fully saturated rings. The lowest BCUT2D eigenvalue weighted by atomic mass is 10.0. The van der Waals surface area contributed by atoms with Gasteiger partial charge in [0.05, 0.1) is 5.71 Å². The largest absolute Gasteiger partial charge is 0.508 e. The molecule has 0 atom stereocenters. The van der Waals surface area contributed by atoms with Gasteiger partial charge in [-0.25, -0.2) is 4.39 Å². The number of hydrogen-bond donors (Lipinski definition) is 3. The van der Waals surface area contributed by atoms with Crippen LogP contribution in [0.2, 0.25) is 0 Å². The number of hydrazone groups is 1. The number of nitrogens with one attached hydrogen (secondary N) is 1. The van der Waals surface area contributed by atoms with Gasteiger partial charge in [-0.3, -0.25) is 5.43 Å². The molecular formula is C14H12FN3OS. The number of nitrogens with zero attached hydrogens (tertiary/aromatic N) is 1. The Morgan fingerprint density at radius 2 is 1.55 bits per heavy atom. The molecule has 4 nitrogen and oxygen atoms in total. The summed E-state index contributed by atoms with van der Waals surface area (Å²) in [6.45, 7) is 0. The number of rotatable bonds is 3. The van der Waals surface area contributed by atoms with Gasteiger partial charge in [-0.05, 0) is 60.7 Å². The third kappa shape index (κ3) is 3.52. The van der Waals surface area contributed by atoms with Crippen LogP contribution in [-0.4, -0.2) is 15.9 Å². The molecule has 0 aliphatic rings. The first-order valence-corrected chi connectivity index (χ1v) is 6.15. The summed E-state index contributed by atoms with van der Waals surface area (Å²) in [5.74, 6) is -0.185. The predicted molar refractivity (Wildman–Crippen MR) is 80.1 cm³/mol. The molecule has 0 heterocycles. The molecule has 4 N–H and O–H groups in total. The van der Waals surface area contributed by atoms with Gasteiger partial charge in [0, 0.05) is 11.1 Å². The average Bonchev–Trinajstić information content (AvgIpc) is 2.42. The van der Waals surface area contributed by atoms with Crippen molar-refractivity contribution in [2.24, 2.45) is 10.8 Å². The molecule has 0 saturated heterocycles. The second-order valence-electron chi connectivity index (χ2n) is 3.99. The Hall–Kier alpha value is -2.47. The van der Waals surface area contributed by atoms with Crippen LogP contribution in [0, 0.1) is 5.82 Å². The van der Waals surface area contributed by atoms with Crippen LogP contribution in [0.4, 0.5) is 4.39 Å². The van der Waals surface area contributed by atoms with Crippen molar-refractivity contribution in [3.63, 3.8) is 0 Å². The maximum absolute atomic E-state index is 13.0. The number of hydrogen-bond acceptors (Lipinski definition) is 3. The fourth-order valence-electron chi connectivity index (χ4n) is 1.63. The summed E-state index contributed by atoms with van der Waals surface area (Å²) in [5, 5.41) is 13.5. The second-order valence-corrected chi connectivity index (χ2v) is 4.43. The molecule has 2 aromatic rings. The minimum atomic E-state index is -0.332. The van der Waals surface area contributed by atoms with Crippen LogP contribution >= 0.6 is 12.2 Å². The van der Waals surface area contributed by atoms with E-state index in [9.17, 15) is 9.50 Å². The summed E-state index contributed by atoms with van der Waals surface area (Å²) < 4.78 is 13.0. The monoisotopic (exact) mass is 289 g/mol. The molecule has 102 valence electrons. The zero-order chi connectivity index (χ0) is 14.5. The van der Waals surface area contributed by atoms with Crippen molar-refractivity contribution in [1.82, 2.24) is 5.43 Å². The summed E-state index contributed by atoms with van der Waals surface area (Å²) in [6.07, 6.45) is 0. The van der Waals surface area contributed by atoms with Gasteiger partial charge in [-0.15, -0.1) is 0 Å². The van der Waals surface area contributed by atoms with Crippen molar-refractivity contribution in [3.05, 3.63) is 65.5 Å². The average molecular weight is 289 g/mol. The van der Waals surface area contributed by atoms with Crippen LogP contribution < -0.4 is 11.2 Å². The second kappa shape index (κ2) is 6.12. The highest BCUT2D eigenvalue weighted by Gasteiger charge is 2.08. The molecular weight excluding hydrogens is 277 g/mol. The standard InChI is InChI=1S/C14H12FN3OS/c15-11-5-1-9(2-6-11)13(17-18-14(16)20)10-3-7-12(19)8-4-10/h1-8,19H,(H3,16,18,20)/b17-13-. The molecule has 20 heavy (non-hydrogen) atoms. The van der Waals surface area contributed by atoms with Gasteiger partial charge in [0.2, 0.25) is 0 Å². The van der Waals surface area contributed by atoms with Gasteiger partial charge in [0.1, 0.15) is 11.6 Å². The van der Waals surface area contributed by atoms with E-state index in [0.29, 0.717) is 11.3 Å². The van der Waals surface area contributed by atoms with Crippen molar-refractivity contribution in [1.29, 1.82) is 0 Å². The Bertz CT molecular complexity index is 591. The first-order chi connectivity index (χ1) is 9.56. The van der Waals surface area contributed by atoms with E-state index in [-0.39, 0.29) is 16.7 Å². The number of phenolic OH excluding ortho intramolecular Hbond substituents is 1. The molecule has 6 heteroatoms. The highest BCUT2D eigenvalue weighted by Crippen LogP contribution is 2.15. The van der Waals surface area contributed by atoms with Gasteiger partial charge in [0.15, 0.2) is 5.11 Å². The van der Waals surface area contributed by atoms with E-state index in [0.717, 1.165) is 5.56 Å². The third-order valence-corrected chi connectivity index (χ3v) is 2.63. The number of benzene rings is 2. The molecule has 0 aromatic heterocycles. The number of nitrogens with two attached hydrogens (primary N) is 1. The topological polar surface area (TPSA) is 70.6 Å². The van der Waals surface area contributed by atoms with Crippen LogP contribution in [0.25, 0.3) is 0 Å². The molecule has 0 radical (unpaired) electrons. The Kier molecular flexibility index (Phi) is 4.27. The normalized spacial score (nSPS) is 11.2. The van der Waals surface area contributed by atoms with Crippen LogP contribution in [0.15, 0.2) is 53.6 Å². The van der Waals surface area contributed by atoms with E-state index in [1.54, 1.807) is 24.3 Å². The van der Waals surface area contributed by atoms with Crippen molar-refractivity contribution < 1.29 is 9.50 Å². The lowest BCUT2D eigenvalue weighted by Crippen LogP contribution is -2.26. The van der Waals surface area contributed by atoms with Crippen molar-refractivity contribution in [2.75, 3.05) is 0 Å². The Labute approximate surface area is 120 Å². The van der Waals surface area contributed by atoms with E-state index in [1.165, 1.54) is 24.3 Å². The van der Waals surface area contributed by atoms with Gasteiger partial charge in [-0.1, -0.05) is 0 Å². The Balaban J connectivity index is 2.44. The lowest BCUT2D eigenvalue weighted by Gasteiger charge is -2.08. The van der Waals surface area contributed by atoms with Crippen molar-refractivity contribution >= 4 is 23.0 Å². The van der Waals surface area contributed by atoms with Gasteiger partial charge in [0.25, 0.3) is 0 Å². The molecule has 0 spiro atoms. The number of thiocarbonyl (C=S) groups is 1. The van der Waals surface area contributed by atoms with E-state index >= 15 is 0 Å². The summed E-state index contributed by atoms with van der Waals surface area (Å²) in [4.78, 5) is 0. The van der Waals surface area contributed by atoms with Gasteiger partial charge < -0.3 is 10.8 Å². The molecule has 0 aliphatic heterocycles. The fourth-order valence-corrected chi connectivity index (χ4v) is 1.68. The van der Waals surface area contributed by atoms with E-state index in [4.69, 9.17) is 18.0 Å². The van der Waals surface area contributed by atoms with Gasteiger partial charge in [-0.2, -0.15) is 5.10 Å². The lowest BCUT2D eigenvalue weighted by molar-refractivity contribution is 0.475. The summed E-state index contributed by atoms with van der Waals surface area (Å²) >= 11 is 4.71. The van der Waals surface area contributed by atoms with Crippen LogP contribution in [0.5, 0.6) is 5.75 Å².